The third kappa shape index (κ3) is 4.48. The minimum atomic E-state index is -0.376. The van der Waals surface area contributed by atoms with Gasteiger partial charge >= 0.3 is 0 Å². The van der Waals surface area contributed by atoms with Crippen LogP contribution in [0.15, 0.2) is 24.4 Å². The van der Waals surface area contributed by atoms with Gasteiger partial charge in [0, 0.05) is 6.20 Å². The van der Waals surface area contributed by atoms with E-state index in [0.29, 0.717) is 13.0 Å². The average Bonchev–Trinajstić information content (AvgIpc) is 2.34. The molecule has 0 aliphatic heterocycles. The number of rotatable bonds is 6. The summed E-state index contributed by atoms with van der Waals surface area (Å²) in [7, 11) is 0. The summed E-state index contributed by atoms with van der Waals surface area (Å²) in [6.07, 6.45) is 3.25. The summed E-state index contributed by atoms with van der Waals surface area (Å²) in [5, 5.41) is 2.80. The molecule has 4 nitrogen and oxygen atoms in total. The first-order valence-electron chi connectivity index (χ1n) is 5.62. The number of carbonyl (C=O) groups is 1. The molecule has 5 heteroatoms. The van der Waals surface area contributed by atoms with E-state index in [0.717, 1.165) is 12.1 Å². The first-order valence-corrected chi connectivity index (χ1v) is 6.03. The topological polar surface area (TPSA) is 68.0 Å². The highest BCUT2D eigenvalue weighted by Crippen LogP contribution is 2.07. The molecule has 3 N–H and O–H groups in total. The highest BCUT2D eigenvalue weighted by molar-refractivity contribution is 7.80. The van der Waals surface area contributed by atoms with Crippen molar-refractivity contribution >= 4 is 23.1 Å². The van der Waals surface area contributed by atoms with Crippen LogP contribution in [0.2, 0.25) is 0 Å². The summed E-state index contributed by atoms with van der Waals surface area (Å²) in [4.78, 5) is 16.2. The van der Waals surface area contributed by atoms with Crippen LogP contribution >= 0.6 is 12.2 Å². The molecule has 1 heterocycles. The van der Waals surface area contributed by atoms with Crippen molar-refractivity contribution in [3.05, 3.63) is 30.1 Å². The Labute approximate surface area is 107 Å². The lowest BCUT2D eigenvalue weighted by molar-refractivity contribution is -0.123. The Hall–Kier alpha value is -1.49. The van der Waals surface area contributed by atoms with Gasteiger partial charge in [0.15, 0.2) is 0 Å². The van der Waals surface area contributed by atoms with Gasteiger partial charge in [-0.15, -0.1) is 0 Å². The maximum Gasteiger partial charge on any atom is 0.230 e. The van der Waals surface area contributed by atoms with Gasteiger partial charge in [-0.3, -0.25) is 9.78 Å². The van der Waals surface area contributed by atoms with E-state index in [2.05, 4.69) is 10.3 Å². The van der Waals surface area contributed by atoms with Crippen molar-refractivity contribution in [3.63, 3.8) is 0 Å². The number of aromatic nitrogens is 1. The standard InChI is InChI=1S/C12H17N3OS/c1-2-5-10(11(13)17)12(16)15-8-9-6-3-4-7-14-9/h3-4,6-7,10H,2,5,8H2,1H3,(H2,13,17)(H,15,16). The van der Waals surface area contributed by atoms with E-state index >= 15 is 0 Å². The molecule has 0 bridgehead atoms. The Kier molecular flexibility index (Phi) is 5.56. The van der Waals surface area contributed by atoms with E-state index in [-0.39, 0.29) is 16.8 Å². The van der Waals surface area contributed by atoms with Crippen molar-refractivity contribution in [3.8, 4) is 0 Å². The molecule has 0 aliphatic rings. The number of pyridine rings is 1. The number of nitrogens with zero attached hydrogens (tertiary/aromatic N) is 1. The molecule has 0 spiro atoms. The molecule has 0 radical (unpaired) electrons. The number of amides is 1. The number of thiocarbonyl (C=S) groups is 1. The molecule has 1 unspecified atom stereocenters. The molecule has 1 aromatic rings. The SMILES string of the molecule is CCCC(C(=O)NCc1ccccn1)C(N)=S. The van der Waals surface area contributed by atoms with E-state index in [1.54, 1.807) is 6.20 Å². The van der Waals surface area contributed by atoms with Crippen molar-refractivity contribution in [2.75, 3.05) is 0 Å². The summed E-state index contributed by atoms with van der Waals surface area (Å²) in [6.45, 7) is 2.40. The highest BCUT2D eigenvalue weighted by Gasteiger charge is 2.19. The summed E-state index contributed by atoms with van der Waals surface area (Å²) < 4.78 is 0. The fourth-order valence-corrected chi connectivity index (χ4v) is 1.72. The van der Waals surface area contributed by atoms with E-state index in [1.165, 1.54) is 0 Å². The normalized spacial score (nSPS) is 11.8. The average molecular weight is 251 g/mol. The molecule has 1 atom stereocenters. The lowest BCUT2D eigenvalue weighted by atomic mass is 10.0. The van der Waals surface area contributed by atoms with Crippen molar-refractivity contribution in [2.45, 2.75) is 26.3 Å². The molecule has 17 heavy (non-hydrogen) atoms. The van der Waals surface area contributed by atoms with Gasteiger partial charge in [0.1, 0.15) is 0 Å². The maximum absolute atomic E-state index is 11.8. The Bertz CT molecular complexity index is 381. The Morgan fingerprint density at radius 2 is 2.35 bits per heavy atom. The monoisotopic (exact) mass is 251 g/mol. The van der Waals surface area contributed by atoms with Crippen LogP contribution in [-0.4, -0.2) is 15.9 Å². The largest absolute Gasteiger partial charge is 0.393 e. The number of hydrogen-bond acceptors (Lipinski definition) is 3. The van der Waals surface area contributed by atoms with Crippen LogP contribution in [0.25, 0.3) is 0 Å². The third-order valence-electron chi connectivity index (χ3n) is 2.41. The van der Waals surface area contributed by atoms with E-state index in [4.69, 9.17) is 18.0 Å². The van der Waals surface area contributed by atoms with Crippen LogP contribution in [0, 0.1) is 5.92 Å². The molecular formula is C12H17N3OS. The van der Waals surface area contributed by atoms with Crippen LogP contribution < -0.4 is 11.1 Å². The predicted octanol–water partition coefficient (Wildman–Crippen LogP) is 1.40. The fourth-order valence-electron chi connectivity index (χ4n) is 1.49. The number of nitrogens with one attached hydrogen (secondary N) is 1. The van der Waals surface area contributed by atoms with Crippen LogP contribution in [0.4, 0.5) is 0 Å². The summed E-state index contributed by atoms with van der Waals surface area (Å²) in [6, 6.07) is 5.57. The zero-order chi connectivity index (χ0) is 12.7. The van der Waals surface area contributed by atoms with Crippen molar-refractivity contribution in [2.24, 2.45) is 11.7 Å². The van der Waals surface area contributed by atoms with Gasteiger partial charge in [0.2, 0.25) is 5.91 Å². The van der Waals surface area contributed by atoms with Gasteiger partial charge in [-0.05, 0) is 18.6 Å². The number of carbonyl (C=O) groups excluding carboxylic acids is 1. The second-order valence-electron chi connectivity index (χ2n) is 3.78. The van der Waals surface area contributed by atoms with Crippen LogP contribution in [0.3, 0.4) is 0 Å². The van der Waals surface area contributed by atoms with Crippen molar-refractivity contribution in [1.82, 2.24) is 10.3 Å². The van der Waals surface area contributed by atoms with Crippen molar-refractivity contribution in [1.29, 1.82) is 0 Å². The molecule has 1 amide bonds. The fraction of sp³-hybridized carbons (Fsp3) is 0.417. The van der Waals surface area contributed by atoms with E-state index < -0.39 is 0 Å². The molecule has 1 rings (SSSR count). The molecule has 0 saturated carbocycles. The zero-order valence-corrected chi connectivity index (χ0v) is 10.7. The third-order valence-corrected chi connectivity index (χ3v) is 2.69. The summed E-state index contributed by atoms with van der Waals surface area (Å²) in [5.74, 6) is -0.497. The molecule has 1 aromatic heterocycles. The molecule has 0 fully saturated rings. The van der Waals surface area contributed by atoms with Gasteiger partial charge in [0.25, 0.3) is 0 Å². The molecule has 0 aromatic carbocycles. The Morgan fingerprint density at radius 1 is 1.59 bits per heavy atom. The van der Waals surface area contributed by atoms with E-state index in [1.807, 2.05) is 25.1 Å². The van der Waals surface area contributed by atoms with Crippen molar-refractivity contribution < 1.29 is 4.79 Å². The number of nitrogens with two attached hydrogens (primary N) is 1. The molecule has 0 saturated heterocycles. The first-order chi connectivity index (χ1) is 8.15. The first kappa shape index (κ1) is 13.6. The molecule has 0 aliphatic carbocycles. The minimum absolute atomic E-state index is 0.120. The van der Waals surface area contributed by atoms with Gasteiger partial charge in [-0.25, -0.2) is 0 Å². The summed E-state index contributed by atoms with van der Waals surface area (Å²) in [5.41, 5.74) is 6.37. The molecule has 92 valence electrons. The van der Waals surface area contributed by atoms with Crippen LogP contribution in [0.5, 0.6) is 0 Å². The molecular weight excluding hydrogens is 234 g/mol. The van der Waals surface area contributed by atoms with Crippen LogP contribution in [0.1, 0.15) is 25.5 Å². The van der Waals surface area contributed by atoms with Gasteiger partial charge < -0.3 is 11.1 Å². The van der Waals surface area contributed by atoms with Gasteiger partial charge in [0.05, 0.1) is 23.1 Å². The lowest BCUT2D eigenvalue weighted by Crippen LogP contribution is -2.37. The smallest absolute Gasteiger partial charge is 0.230 e. The minimum Gasteiger partial charge on any atom is -0.393 e. The Balaban J connectivity index is 2.50. The van der Waals surface area contributed by atoms with Crippen LogP contribution in [-0.2, 0) is 11.3 Å². The summed E-state index contributed by atoms with van der Waals surface area (Å²) >= 11 is 4.89. The lowest BCUT2D eigenvalue weighted by Gasteiger charge is -2.14. The van der Waals surface area contributed by atoms with E-state index in [9.17, 15) is 4.79 Å². The zero-order valence-electron chi connectivity index (χ0n) is 9.85. The van der Waals surface area contributed by atoms with Gasteiger partial charge in [-0.2, -0.15) is 0 Å². The Morgan fingerprint density at radius 3 is 2.88 bits per heavy atom. The second-order valence-corrected chi connectivity index (χ2v) is 4.25. The number of hydrogen-bond donors (Lipinski definition) is 2. The quantitative estimate of drug-likeness (QED) is 0.750. The second kappa shape index (κ2) is 6.96. The predicted molar refractivity (Wildman–Crippen MR) is 71.3 cm³/mol. The maximum atomic E-state index is 11.8. The highest BCUT2D eigenvalue weighted by atomic mass is 32.1. The van der Waals surface area contributed by atoms with Gasteiger partial charge in [-0.1, -0.05) is 31.6 Å².